The van der Waals surface area contributed by atoms with Crippen molar-refractivity contribution < 1.29 is 0 Å². The molecule has 2 aliphatic carbocycles. The smallest absolute Gasteiger partial charge is 0.0727 e. The Morgan fingerprint density at radius 3 is 1.45 bits per heavy atom. The molecule has 11 aromatic rings. The maximum atomic E-state index is 2.48. The monoisotopic (exact) mass is 852 g/mol. The SMILES string of the molecule is c1ccc(-c2ccc(N(c3ccccc3)c3ccc4c(c3)C3(c5ccccc5-4)c4ccccc4-c4c(N(c5ccccc5)c5ccc(-c6cccc7ccccc67)cc5)cccc43)cc2)cc1. The molecule has 0 N–H and O–H groups in total. The number of anilines is 6. The number of rotatable bonds is 8. The average molecular weight is 853 g/mol. The van der Waals surface area contributed by atoms with Crippen LogP contribution < -0.4 is 9.80 Å². The quantitative estimate of drug-likeness (QED) is 0.150. The normalized spacial score (nSPS) is 14.0. The molecule has 0 aliphatic heterocycles. The van der Waals surface area contributed by atoms with Gasteiger partial charge in [0.1, 0.15) is 0 Å². The standard InChI is InChI=1S/C65H44N2/c1-4-18-45(19-5-1)46-34-38-51(39-35-46)66(49-22-6-2-7-23-49)53-42-43-57-56-27-12-14-30-59(56)65(62(57)44-53)60-31-15-13-28-58(60)64-61(65)32-17-33-63(64)67(50-24-8-3-9-25-50)52-40-36-48(37-41-52)55-29-16-21-47-20-10-11-26-54(47)55/h1-44H. The maximum Gasteiger partial charge on any atom is 0.0727 e. The minimum Gasteiger partial charge on any atom is -0.310 e. The molecule has 1 atom stereocenters. The molecule has 0 fully saturated rings. The van der Waals surface area contributed by atoms with Crippen molar-refractivity contribution in [3.05, 3.63) is 289 Å². The van der Waals surface area contributed by atoms with Gasteiger partial charge in [0.2, 0.25) is 0 Å². The van der Waals surface area contributed by atoms with Crippen LogP contribution in [0.1, 0.15) is 22.3 Å². The molecule has 0 aromatic heterocycles. The van der Waals surface area contributed by atoms with E-state index in [9.17, 15) is 0 Å². The molecular weight excluding hydrogens is 809 g/mol. The lowest BCUT2D eigenvalue weighted by Gasteiger charge is -2.33. The van der Waals surface area contributed by atoms with E-state index in [0.29, 0.717) is 0 Å². The van der Waals surface area contributed by atoms with E-state index in [1.165, 1.54) is 77.5 Å². The van der Waals surface area contributed by atoms with Crippen LogP contribution in [-0.2, 0) is 5.41 Å². The first kappa shape index (κ1) is 38.7. The zero-order valence-electron chi connectivity index (χ0n) is 36.8. The third-order valence-corrected chi connectivity index (χ3v) is 14.1. The fraction of sp³-hybridized carbons (Fsp3) is 0.0154. The van der Waals surface area contributed by atoms with Crippen molar-refractivity contribution in [3.63, 3.8) is 0 Å². The number of hydrogen-bond donors (Lipinski definition) is 0. The summed E-state index contributed by atoms with van der Waals surface area (Å²) in [4.78, 5) is 4.86. The van der Waals surface area contributed by atoms with E-state index in [0.717, 1.165) is 34.1 Å². The van der Waals surface area contributed by atoms with Crippen molar-refractivity contribution in [2.24, 2.45) is 0 Å². The molecule has 0 radical (unpaired) electrons. The van der Waals surface area contributed by atoms with E-state index >= 15 is 0 Å². The van der Waals surface area contributed by atoms with Gasteiger partial charge in [0.25, 0.3) is 0 Å². The predicted octanol–water partition coefficient (Wildman–Crippen LogP) is 17.5. The Morgan fingerprint density at radius 1 is 0.254 bits per heavy atom. The van der Waals surface area contributed by atoms with Crippen LogP contribution >= 0.6 is 0 Å². The Bertz CT molecular complexity index is 3610. The van der Waals surface area contributed by atoms with Crippen LogP contribution in [0, 0.1) is 0 Å². The number of benzene rings is 11. The third-order valence-electron chi connectivity index (χ3n) is 14.1. The van der Waals surface area contributed by atoms with Crippen molar-refractivity contribution in [3.8, 4) is 44.5 Å². The van der Waals surface area contributed by atoms with Crippen molar-refractivity contribution in [1.29, 1.82) is 0 Å². The van der Waals surface area contributed by atoms with Gasteiger partial charge in [-0.05, 0) is 139 Å². The summed E-state index contributed by atoms with van der Waals surface area (Å²) in [6.07, 6.45) is 0. The van der Waals surface area contributed by atoms with Gasteiger partial charge in [-0.2, -0.15) is 0 Å². The first-order valence-corrected chi connectivity index (χ1v) is 23.2. The second-order valence-electron chi connectivity index (χ2n) is 17.6. The molecule has 1 spiro atoms. The van der Waals surface area contributed by atoms with Crippen LogP contribution in [0.4, 0.5) is 34.1 Å². The van der Waals surface area contributed by atoms with Gasteiger partial charge < -0.3 is 9.80 Å². The highest BCUT2D eigenvalue weighted by Crippen LogP contribution is 2.65. The fourth-order valence-corrected chi connectivity index (χ4v) is 11.2. The van der Waals surface area contributed by atoms with Gasteiger partial charge in [-0.3, -0.25) is 0 Å². The van der Waals surface area contributed by atoms with Gasteiger partial charge in [0.05, 0.1) is 11.1 Å². The Balaban J connectivity index is 1.01. The number of nitrogens with zero attached hydrogens (tertiary/aromatic N) is 2. The predicted molar refractivity (Wildman–Crippen MR) is 280 cm³/mol. The summed E-state index contributed by atoms with van der Waals surface area (Å²) in [5.41, 5.74) is 21.2. The third kappa shape index (κ3) is 6.11. The molecule has 2 aliphatic rings. The number of para-hydroxylation sites is 2. The Kier molecular flexibility index (Phi) is 9.11. The van der Waals surface area contributed by atoms with Crippen molar-refractivity contribution >= 4 is 44.9 Å². The lowest BCUT2D eigenvalue weighted by atomic mass is 9.70. The summed E-state index contributed by atoms with van der Waals surface area (Å²) in [6, 6.07) is 98.0. The Hall–Kier alpha value is -8.72. The fourth-order valence-electron chi connectivity index (χ4n) is 11.2. The summed E-state index contributed by atoms with van der Waals surface area (Å²) in [7, 11) is 0. The maximum absolute atomic E-state index is 2.48. The van der Waals surface area contributed by atoms with Crippen molar-refractivity contribution in [1.82, 2.24) is 0 Å². The molecule has 0 saturated carbocycles. The number of hydrogen-bond acceptors (Lipinski definition) is 2. The van der Waals surface area contributed by atoms with E-state index in [1.807, 2.05) is 0 Å². The molecule has 0 amide bonds. The second kappa shape index (κ2) is 15.8. The van der Waals surface area contributed by atoms with E-state index in [1.54, 1.807) is 0 Å². The molecule has 2 heteroatoms. The van der Waals surface area contributed by atoms with Gasteiger partial charge in [-0.1, -0.05) is 200 Å². The number of fused-ring (bicyclic) bond motifs is 11. The van der Waals surface area contributed by atoms with E-state index in [-0.39, 0.29) is 0 Å². The van der Waals surface area contributed by atoms with Crippen LogP contribution in [0.25, 0.3) is 55.3 Å². The van der Waals surface area contributed by atoms with Crippen molar-refractivity contribution in [2.45, 2.75) is 5.41 Å². The largest absolute Gasteiger partial charge is 0.310 e. The van der Waals surface area contributed by atoms with Gasteiger partial charge in [0.15, 0.2) is 0 Å². The van der Waals surface area contributed by atoms with E-state index < -0.39 is 5.41 Å². The minimum absolute atomic E-state index is 0.565. The van der Waals surface area contributed by atoms with Crippen LogP contribution in [0.5, 0.6) is 0 Å². The Labute approximate surface area is 391 Å². The molecule has 314 valence electrons. The topological polar surface area (TPSA) is 6.48 Å². The minimum atomic E-state index is -0.565. The van der Waals surface area contributed by atoms with Gasteiger partial charge >= 0.3 is 0 Å². The van der Waals surface area contributed by atoms with E-state index in [4.69, 9.17) is 0 Å². The molecule has 0 heterocycles. The lowest BCUT2D eigenvalue weighted by molar-refractivity contribution is 0.793. The first-order chi connectivity index (χ1) is 33.3. The van der Waals surface area contributed by atoms with Crippen LogP contribution in [-0.4, -0.2) is 0 Å². The molecule has 1 unspecified atom stereocenters. The molecule has 2 nitrogen and oxygen atoms in total. The van der Waals surface area contributed by atoms with Crippen LogP contribution in [0.15, 0.2) is 267 Å². The average Bonchev–Trinajstić information content (AvgIpc) is 3.87. The second-order valence-corrected chi connectivity index (χ2v) is 17.6. The summed E-state index contributed by atoms with van der Waals surface area (Å²) in [6.45, 7) is 0. The molecule has 13 rings (SSSR count). The highest BCUT2D eigenvalue weighted by atomic mass is 15.1. The van der Waals surface area contributed by atoms with Crippen LogP contribution in [0.3, 0.4) is 0 Å². The molecule has 11 aromatic carbocycles. The Morgan fingerprint density at radius 2 is 0.716 bits per heavy atom. The van der Waals surface area contributed by atoms with Crippen molar-refractivity contribution in [2.75, 3.05) is 9.80 Å². The van der Waals surface area contributed by atoms with Gasteiger partial charge in [-0.25, -0.2) is 0 Å². The molecule has 0 bridgehead atoms. The zero-order valence-corrected chi connectivity index (χ0v) is 36.8. The summed E-state index contributed by atoms with van der Waals surface area (Å²) >= 11 is 0. The van der Waals surface area contributed by atoms with E-state index in [2.05, 4.69) is 277 Å². The summed E-state index contributed by atoms with van der Waals surface area (Å²) in [5, 5.41) is 2.50. The van der Waals surface area contributed by atoms with Gasteiger partial charge in [-0.15, -0.1) is 0 Å². The van der Waals surface area contributed by atoms with Gasteiger partial charge in [0, 0.05) is 34.0 Å². The van der Waals surface area contributed by atoms with Crippen LogP contribution in [0.2, 0.25) is 0 Å². The zero-order chi connectivity index (χ0) is 44.3. The summed E-state index contributed by atoms with van der Waals surface area (Å²) in [5.74, 6) is 0. The first-order valence-electron chi connectivity index (χ1n) is 23.2. The molecular formula is C65H44N2. The summed E-state index contributed by atoms with van der Waals surface area (Å²) < 4.78 is 0. The molecule has 67 heavy (non-hydrogen) atoms. The lowest BCUT2D eigenvalue weighted by Crippen LogP contribution is -2.26. The highest BCUT2D eigenvalue weighted by Gasteiger charge is 2.52. The molecule has 0 saturated heterocycles. The highest BCUT2D eigenvalue weighted by molar-refractivity contribution is 6.02.